The van der Waals surface area contributed by atoms with E-state index in [0.29, 0.717) is 5.39 Å². The van der Waals surface area contributed by atoms with E-state index in [1.54, 1.807) is 24.3 Å². The fourth-order valence-corrected chi connectivity index (χ4v) is 1.40. The van der Waals surface area contributed by atoms with Crippen molar-refractivity contribution in [3.05, 3.63) is 40.4 Å². The molecule has 0 bridgehead atoms. The van der Waals surface area contributed by atoms with Gasteiger partial charge in [0.2, 0.25) is 0 Å². The van der Waals surface area contributed by atoms with E-state index in [9.17, 15) is 10.1 Å². The minimum Gasteiger partial charge on any atom is -0.463 e. The Morgan fingerprint density at radius 2 is 2.13 bits per heavy atom. The van der Waals surface area contributed by atoms with Gasteiger partial charge in [-0.3, -0.25) is 0 Å². The second-order valence-electron chi connectivity index (χ2n) is 2.97. The normalized spacial score (nSPS) is 10.2. The Kier molecular flexibility index (Phi) is 2.21. The molecular weight excluding hydrogens is 196 g/mol. The first-order chi connectivity index (χ1) is 7.22. The quantitative estimate of drug-likeness (QED) is 0.555. The number of benzene rings is 1. The molecule has 0 aliphatic heterocycles. The molecule has 0 N–H and O–H groups in total. The molecule has 2 aromatic rings. The summed E-state index contributed by atoms with van der Waals surface area (Å²) in [6, 6.07) is 8.67. The lowest BCUT2D eigenvalue weighted by atomic mass is 10.1. The van der Waals surface area contributed by atoms with Crippen LogP contribution in [0.5, 0.6) is 5.88 Å². The monoisotopic (exact) mass is 204 g/mol. The molecular formula is C10H8N2O3. The summed E-state index contributed by atoms with van der Waals surface area (Å²) in [4.78, 5) is 14.1. The highest BCUT2D eigenvalue weighted by molar-refractivity contribution is 5.89. The number of ether oxygens (including phenoxy) is 1. The Hall–Kier alpha value is -2.17. The number of nitro groups is 1. The van der Waals surface area contributed by atoms with Crippen molar-refractivity contribution in [3.8, 4) is 5.88 Å². The summed E-state index contributed by atoms with van der Waals surface area (Å²) in [6.45, 7) is 0. The van der Waals surface area contributed by atoms with E-state index in [2.05, 4.69) is 4.98 Å². The number of pyridine rings is 1. The summed E-state index contributed by atoms with van der Waals surface area (Å²) < 4.78 is 4.90. The zero-order chi connectivity index (χ0) is 10.8. The molecule has 0 saturated carbocycles. The number of methoxy groups -OCH3 is 1. The molecule has 5 heteroatoms. The summed E-state index contributed by atoms with van der Waals surface area (Å²) in [6.07, 6.45) is 0. The van der Waals surface area contributed by atoms with Crippen molar-refractivity contribution in [1.82, 2.24) is 4.98 Å². The first kappa shape index (κ1) is 9.39. The second-order valence-corrected chi connectivity index (χ2v) is 2.97. The molecule has 0 unspecified atom stereocenters. The minimum absolute atomic E-state index is 0.176. The average molecular weight is 204 g/mol. The molecule has 0 amide bonds. The Bertz CT molecular complexity index is 525. The van der Waals surface area contributed by atoms with Gasteiger partial charge in [-0.05, 0) is 16.4 Å². The van der Waals surface area contributed by atoms with Crippen LogP contribution in [0.3, 0.4) is 0 Å². The summed E-state index contributed by atoms with van der Waals surface area (Å²) >= 11 is 0. The van der Waals surface area contributed by atoms with Gasteiger partial charge in [0.05, 0.1) is 12.5 Å². The van der Waals surface area contributed by atoms with Crippen LogP contribution in [0.4, 0.5) is 5.82 Å². The van der Waals surface area contributed by atoms with Crippen molar-refractivity contribution in [2.75, 3.05) is 7.11 Å². The lowest BCUT2D eigenvalue weighted by molar-refractivity contribution is -0.387. The first-order valence-electron chi connectivity index (χ1n) is 4.30. The predicted molar refractivity (Wildman–Crippen MR) is 54.9 cm³/mol. The molecule has 0 spiro atoms. The van der Waals surface area contributed by atoms with Crippen molar-refractivity contribution < 1.29 is 9.66 Å². The third-order valence-corrected chi connectivity index (χ3v) is 2.08. The predicted octanol–water partition coefficient (Wildman–Crippen LogP) is 2.15. The zero-order valence-electron chi connectivity index (χ0n) is 8.01. The van der Waals surface area contributed by atoms with Gasteiger partial charge in [-0.15, -0.1) is 0 Å². The van der Waals surface area contributed by atoms with Crippen LogP contribution < -0.4 is 4.74 Å². The van der Waals surface area contributed by atoms with Crippen molar-refractivity contribution >= 4 is 16.6 Å². The molecule has 76 valence electrons. The maximum absolute atomic E-state index is 10.8. The van der Waals surface area contributed by atoms with Gasteiger partial charge in [-0.2, -0.15) is 0 Å². The van der Waals surface area contributed by atoms with E-state index in [1.165, 1.54) is 7.11 Å². The molecule has 0 aliphatic rings. The fraction of sp³-hybridized carbons (Fsp3) is 0.100. The van der Waals surface area contributed by atoms with Crippen LogP contribution in [0.2, 0.25) is 0 Å². The summed E-state index contributed by atoms with van der Waals surface area (Å²) in [7, 11) is 1.43. The lowest BCUT2D eigenvalue weighted by Gasteiger charge is -2.00. The molecule has 5 nitrogen and oxygen atoms in total. The minimum atomic E-state index is -0.509. The largest absolute Gasteiger partial charge is 0.463 e. The van der Waals surface area contributed by atoms with Gasteiger partial charge in [0, 0.05) is 11.1 Å². The molecule has 1 heterocycles. The number of nitrogens with zero attached hydrogens (tertiary/aromatic N) is 2. The van der Waals surface area contributed by atoms with Crippen LogP contribution in [0.1, 0.15) is 0 Å². The van der Waals surface area contributed by atoms with Crippen molar-refractivity contribution in [2.45, 2.75) is 0 Å². The van der Waals surface area contributed by atoms with Gasteiger partial charge in [0.25, 0.3) is 0 Å². The van der Waals surface area contributed by atoms with E-state index in [0.717, 1.165) is 5.39 Å². The molecule has 0 atom stereocenters. The number of fused-ring (bicyclic) bond motifs is 1. The maximum atomic E-state index is 10.8. The maximum Gasteiger partial charge on any atom is 0.375 e. The molecule has 1 aromatic heterocycles. The van der Waals surface area contributed by atoms with E-state index in [1.807, 2.05) is 6.07 Å². The summed E-state index contributed by atoms with van der Waals surface area (Å²) in [5.74, 6) is 0.0744. The van der Waals surface area contributed by atoms with E-state index < -0.39 is 4.92 Å². The summed E-state index contributed by atoms with van der Waals surface area (Å²) in [5, 5.41) is 12.0. The van der Waals surface area contributed by atoms with Crippen LogP contribution in [0, 0.1) is 10.1 Å². The van der Waals surface area contributed by atoms with Crippen LogP contribution in [-0.4, -0.2) is 17.0 Å². The fourth-order valence-electron chi connectivity index (χ4n) is 1.40. The van der Waals surface area contributed by atoms with Crippen molar-refractivity contribution in [3.63, 3.8) is 0 Å². The topological polar surface area (TPSA) is 65.3 Å². The molecule has 2 rings (SSSR count). The Balaban J connectivity index is 2.80. The van der Waals surface area contributed by atoms with E-state index in [4.69, 9.17) is 4.74 Å². The zero-order valence-corrected chi connectivity index (χ0v) is 8.01. The lowest BCUT2D eigenvalue weighted by Crippen LogP contribution is -1.96. The third-order valence-electron chi connectivity index (χ3n) is 2.08. The highest BCUT2D eigenvalue weighted by Gasteiger charge is 2.16. The highest BCUT2D eigenvalue weighted by Crippen LogP contribution is 2.26. The second kappa shape index (κ2) is 3.53. The molecule has 0 saturated heterocycles. The van der Waals surface area contributed by atoms with Crippen molar-refractivity contribution in [1.29, 1.82) is 0 Å². The molecule has 0 radical (unpaired) electrons. The van der Waals surface area contributed by atoms with Crippen LogP contribution in [-0.2, 0) is 0 Å². The van der Waals surface area contributed by atoms with Gasteiger partial charge in [-0.25, -0.2) is 0 Å². The SMILES string of the molecule is COc1cc2ccccc2c([N+](=O)[O-])n1. The Morgan fingerprint density at radius 1 is 1.40 bits per heavy atom. The van der Waals surface area contributed by atoms with Gasteiger partial charge in [-0.1, -0.05) is 18.2 Å². The van der Waals surface area contributed by atoms with Gasteiger partial charge in [0.1, 0.15) is 0 Å². The van der Waals surface area contributed by atoms with Crippen LogP contribution in [0.25, 0.3) is 10.8 Å². The number of rotatable bonds is 2. The van der Waals surface area contributed by atoms with E-state index in [-0.39, 0.29) is 11.7 Å². The van der Waals surface area contributed by atoms with Crippen LogP contribution in [0.15, 0.2) is 30.3 Å². The Labute approximate surface area is 85.5 Å². The molecule has 0 fully saturated rings. The molecule has 1 aromatic carbocycles. The van der Waals surface area contributed by atoms with Gasteiger partial charge in [0.15, 0.2) is 0 Å². The van der Waals surface area contributed by atoms with Crippen molar-refractivity contribution in [2.24, 2.45) is 0 Å². The molecule has 15 heavy (non-hydrogen) atoms. The molecule has 0 aliphatic carbocycles. The van der Waals surface area contributed by atoms with Crippen LogP contribution >= 0.6 is 0 Å². The van der Waals surface area contributed by atoms with Gasteiger partial charge >= 0.3 is 11.7 Å². The first-order valence-corrected chi connectivity index (χ1v) is 4.30. The number of aromatic nitrogens is 1. The average Bonchev–Trinajstić information content (AvgIpc) is 2.27. The number of hydrogen-bond acceptors (Lipinski definition) is 4. The van der Waals surface area contributed by atoms with Gasteiger partial charge < -0.3 is 14.9 Å². The Morgan fingerprint density at radius 3 is 2.80 bits per heavy atom. The standard InChI is InChI=1S/C10H8N2O3/c1-15-9-6-7-4-2-3-5-8(7)10(11-9)12(13)14/h2-6H,1H3. The van der Waals surface area contributed by atoms with E-state index >= 15 is 0 Å². The third kappa shape index (κ3) is 1.59. The number of hydrogen-bond donors (Lipinski definition) is 0. The smallest absolute Gasteiger partial charge is 0.375 e. The summed E-state index contributed by atoms with van der Waals surface area (Å²) in [5.41, 5.74) is 0. The highest BCUT2D eigenvalue weighted by atomic mass is 16.6.